The quantitative estimate of drug-likeness (QED) is 0.653. The number of rotatable bonds is 3. The standard InChI is InChI=1S/C21H21F3N6O2/c1-4-14-10-30(16-7-15(5-6-25-16)21(22,23)24)19-17(14)18(26-11-27-19)28-8-13(3)29(20(31)32)9-12(28)2/h4-7,10-13H,1,8-9H2,2-3H3,(H,31,32)/t12?,13-/m0/s1. The summed E-state index contributed by atoms with van der Waals surface area (Å²) in [5.41, 5.74) is 0.207. The first-order chi connectivity index (χ1) is 15.1. The van der Waals surface area contributed by atoms with Gasteiger partial charge in [-0.05, 0) is 26.0 Å². The van der Waals surface area contributed by atoms with Gasteiger partial charge in [-0.25, -0.2) is 19.7 Å². The van der Waals surface area contributed by atoms with E-state index in [1.165, 1.54) is 15.8 Å². The lowest BCUT2D eigenvalue weighted by atomic mass is 10.1. The summed E-state index contributed by atoms with van der Waals surface area (Å²) >= 11 is 0. The highest BCUT2D eigenvalue weighted by Crippen LogP contribution is 2.35. The van der Waals surface area contributed by atoms with E-state index in [-0.39, 0.29) is 17.9 Å². The van der Waals surface area contributed by atoms with Gasteiger partial charge in [-0.2, -0.15) is 13.2 Å². The van der Waals surface area contributed by atoms with Gasteiger partial charge in [0.05, 0.1) is 10.9 Å². The van der Waals surface area contributed by atoms with Crippen LogP contribution in [0.15, 0.2) is 37.4 Å². The Kier molecular flexibility index (Phi) is 5.27. The molecule has 1 saturated heterocycles. The van der Waals surface area contributed by atoms with Crippen LogP contribution in [0, 0.1) is 0 Å². The fourth-order valence-electron chi connectivity index (χ4n) is 4.03. The SMILES string of the molecule is C=Cc1cn(-c2cc(C(F)(F)F)ccn2)c2ncnc(N3C[C@H](C)N(C(=O)O)CC3C)c12. The van der Waals surface area contributed by atoms with Crippen LogP contribution in [0.25, 0.3) is 22.9 Å². The Hall–Kier alpha value is -3.63. The molecule has 3 aromatic rings. The van der Waals surface area contributed by atoms with Crippen LogP contribution < -0.4 is 4.90 Å². The molecule has 1 aliphatic rings. The fourth-order valence-corrected chi connectivity index (χ4v) is 4.03. The predicted molar refractivity (Wildman–Crippen MR) is 113 cm³/mol. The van der Waals surface area contributed by atoms with Crippen molar-refractivity contribution in [2.75, 3.05) is 18.0 Å². The zero-order valence-corrected chi connectivity index (χ0v) is 17.4. The maximum absolute atomic E-state index is 13.2. The lowest BCUT2D eigenvalue weighted by molar-refractivity contribution is -0.137. The topological polar surface area (TPSA) is 87.4 Å². The number of pyridine rings is 1. The number of hydrogen-bond donors (Lipinski definition) is 1. The van der Waals surface area contributed by atoms with Crippen LogP contribution in [-0.2, 0) is 6.18 Å². The molecule has 0 spiro atoms. The summed E-state index contributed by atoms with van der Waals surface area (Å²) in [6.45, 7) is 8.24. The van der Waals surface area contributed by atoms with E-state index in [1.54, 1.807) is 12.3 Å². The van der Waals surface area contributed by atoms with Crippen molar-refractivity contribution in [1.29, 1.82) is 0 Å². The molecule has 0 radical (unpaired) electrons. The van der Waals surface area contributed by atoms with Gasteiger partial charge in [-0.15, -0.1) is 0 Å². The van der Waals surface area contributed by atoms with E-state index in [1.807, 2.05) is 18.7 Å². The average Bonchev–Trinajstić information content (AvgIpc) is 3.13. The molecule has 1 fully saturated rings. The van der Waals surface area contributed by atoms with Gasteiger partial charge in [-0.1, -0.05) is 12.7 Å². The molecule has 3 aromatic heterocycles. The van der Waals surface area contributed by atoms with Gasteiger partial charge in [-0.3, -0.25) is 4.57 Å². The molecule has 168 valence electrons. The molecule has 11 heteroatoms. The summed E-state index contributed by atoms with van der Waals surface area (Å²) < 4.78 is 41.1. The van der Waals surface area contributed by atoms with Gasteiger partial charge in [0.1, 0.15) is 18.0 Å². The van der Waals surface area contributed by atoms with E-state index in [0.29, 0.717) is 35.5 Å². The Balaban J connectivity index is 1.84. The Morgan fingerprint density at radius 3 is 2.62 bits per heavy atom. The first-order valence-corrected chi connectivity index (χ1v) is 9.90. The van der Waals surface area contributed by atoms with Crippen molar-refractivity contribution in [2.45, 2.75) is 32.1 Å². The number of alkyl halides is 3. The number of aromatic nitrogens is 4. The van der Waals surface area contributed by atoms with Gasteiger partial charge >= 0.3 is 12.3 Å². The lowest BCUT2D eigenvalue weighted by Gasteiger charge is -2.43. The monoisotopic (exact) mass is 446 g/mol. The molecule has 2 atom stereocenters. The second kappa shape index (κ2) is 7.81. The molecule has 1 N–H and O–H groups in total. The summed E-state index contributed by atoms with van der Waals surface area (Å²) in [6.07, 6.45) is 0.174. The number of carbonyl (C=O) groups is 1. The van der Waals surface area contributed by atoms with E-state index in [4.69, 9.17) is 0 Å². The van der Waals surface area contributed by atoms with Crippen molar-refractivity contribution >= 4 is 29.0 Å². The minimum atomic E-state index is -4.50. The van der Waals surface area contributed by atoms with Crippen LogP contribution in [-0.4, -0.2) is 60.8 Å². The van der Waals surface area contributed by atoms with E-state index in [2.05, 4.69) is 21.5 Å². The van der Waals surface area contributed by atoms with Crippen molar-refractivity contribution < 1.29 is 23.1 Å². The first kappa shape index (κ1) is 21.6. The van der Waals surface area contributed by atoms with E-state index >= 15 is 0 Å². The summed E-state index contributed by atoms with van der Waals surface area (Å²) in [6, 6.07) is 1.43. The van der Waals surface area contributed by atoms with E-state index in [0.717, 1.165) is 18.3 Å². The van der Waals surface area contributed by atoms with Crippen LogP contribution in [0.4, 0.5) is 23.8 Å². The number of nitrogens with zero attached hydrogens (tertiary/aromatic N) is 6. The Bertz CT molecular complexity index is 1190. The summed E-state index contributed by atoms with van der Waals surface area (Å²) in [5.74, 6) is 0.639. The highest BCUT2D eigenvalue weighted by Gasteiger charge is 2.34. The van der Waals surface area contributed by atoms with Crippen molar-refractivity contribution in [3.05, 3.63) is 48.6 Å². The number of halogens is 3. The molecule has 0 aliphatic carbocycles. The smallest absolute Gasteiger partial charge is 0.416 e. The molecule has 0 saturated carbocycles. The second-order valence-electron chi connectivity index (χ2n) is 7.74. The maximum atomic E-state index is 13.2. The molecule has 4 rings (SSSR count). The van der Waals surface area contributed by atoms with Gasteiger partial charge in [0, 0.05) is 43.1 Å². The number of fused-ring (bicyclic) bond motifs is 1. The third kappa shape index (κ3) is 3.63. The molecule has 0 aromatic carbocycles. The van der Waals surface area contributed by atoms with Crippen molar-refractivity contribution in [2.24, 2.45) is 0 Å². The fraction of sp³-hybridized carbons (Fsp3) is 0.333. The molecule has 8 nitrogen and oxygen atoms in total. The summed E-state index contributed by atoms with van der Waals surface area (Å²) in [5, 5.41) is 10.0. The van der Waals surface area contributed by atoms with Crippen molar-refractivity contribution in [1.82, 2.24) is 24.4 Å². The van der Waals surface area contributed by atoms with Crippen LogP contribution in [0.2, 0.25) is 0 Å². The first-order valence-electron chi connectivity index (χ1n) is 9.90. The number of hydrogen-bond acceptors (Lipinski definition) is 5. The largest absolute Gasteiger partial charge is 0.465 e. The van der Waals surface area contributed by atoms with Crippen molar-refractivity contribution in [3.8, 4) is 5.82 Å². The minimum absolute atomic E-state index is 0.0692. The van der Waals surface area contributed by atoms with Crippen LogP contribution in [0.1, 0.15) is 25.0 Å². The van der Waals surface area contributed by atoms with Gasteiger partial charge in [0.2, 0.25) is 0 Å². The zero-order chi connectivity index (χ0) is 23.2. The highest BCUT2D eigenvalue weighted by molar-refractivity contribution is 5.96. The third-order valence-corrected chi connectivity index (χ3v) is 5.64. The zero-order valence-electron chi connectivity index (χ0n) is 17.4. The molecule has 1 unspecified atom stereocenters. The number of carboxylic acid groups (broad SMARTS) is 1. The van der Waals surface area contributed by atoms with E-state index in [9.17, 15) is 23.1 Å². The molecular formula is C21H21F3N6O2. The van der Waals surface area contributed by atoms with Crippen LogP contribution >= 0.6 is 0 Å². The predicted octanol–water partition coefficient (Wildman–Crippen LogP) is 4.05. The molecule has 4 heterocycles. The number of anilines is 1. The second-order valence-corrected chi connectivity index (χ2v) is 7.74. The Labute approximate surface area is 181 Å². The highest BCUT2D eigenvalue weighted by atomic mass is 19.4. The van der Waals surface area contributed by atoms with E-state index < -0.39 is 17.8 Å². The molecule has 1 aliphatic heterocycles. The normalized spacial score (nSPS) is 19.4. The third-order valence-electron chi connectivity index (χ3n) is 5.64. The van der Waals surface area contributed by atoms with Crippen LogP contribution in [0.5, 0.6) is 0 Å². The molecule has 0 bridgehead atoms. The molecule has 1 amide bonds. The number of amides is 1. The number of piperazine rings is 1. The van der Waals surface area contributed by atoms with Crippen molar-refractivity contribution in [3.63, 3.8) is 0 Å². The Morgan fingerprint density at radius 2 is 1.97 bits per heavy atom. The van der Waals surface area contributed by atoms with Crippen LogP contribution in [0.3, 0.4) is 0 Å². The minimum Gasteiger partial charge on any atom is -0.465 e. The van der Waals surface area contributed by atoms with Gasteiger partial charge in [0.25, 0.3) is 0 Å². The molecular weight excluding hydrogens is 425 g/mol. The van der Waals surface area contributed by atoms with Gasteiger partial charge in [0.15, 0.2) is 5.65 Å². The summed E-state index contributed by atoms with van der Waals surface area (Å²) in [4.78, 5) is 27.7. The maximum Gasteiger partial charge on any atom is 0.416 e. The average molecular weight is 446 g/mol. The molecule has 32 heavy (non-hydrogen) atoms. The summed E-state index contributed by atoms with van der Waals surface area (Å²) in [7, 11) is 0. The Morgan fingerprint density at radius 1 is 1.22 bits per heavy atom. The lowest BCUT2D eigenvalue weighted by Crippen LogP contribution is -2.58. The van der Waals surface area contributed by atoms with Gasteiger partial charge < -0.3 is 14.9 Å².